The smallest absolute Gasteiger partial charge is 0.337 e. The number of H-pyrrole nitrogens is 2. The predicted molar refractivity (Wildman–Crippen MR) is 120 cm³/mol. The second-order valence-electron chi connectivity index (χ2n) is 8.38. The largest absolute Gasteiger partial charge is 0.416 e. The van der Waals surface area contributed by atoms with Crippen molar-refractivity contribution in [2.45, 2.75) is 19.1 Å². The maximum Gasteiger partial charge on any atom is 0.416 e. The van der Waals surface area contributed by atoms with E-state index in [9.17, 15) is 22.8 Å². The predicted octanol–water partition coefficient (Wildman–Crippen LogP) is 3.44. The summed E-state index contributed by atoms with van der Waals surface area (Å²) in [7, 11) is 0. The Morgan fingerprint density at radius 2 is 1.80 bits per heavy atom. The molecule has 5 rings (SSSR count). The van der Waals surface area contributed by atoms with Crippen molar-refractivity contribution >= 4 is 16.9 Å². The van der Waals surface area contributed by atoms with Crippen LogP contribution in [-0.4, -0.2) is 62.0 Å². The summed E-state index contributed by atoms with van der Waals surface area (Å²) in [5.41, 5.74) is 0.798. The van der Waals surface area contributed by atoms with E-state index in [1.165, 1.54) is 12.1 Å². The van der Waals surface area contributed by atoms with Crippen LogP contribution < -0.4 is 5.69 Å². The molecule has 182 valence electrons. The van der Waals surface area contributed by atoms with Crippen LogP contribution in [0.5, 0.6) is 0 Å². The van der Waals surface area contributed by atoms with Gasteiger partial charge in [-0.15, -0.1) is 0 Å². The first kappa shape index (κ1) is 22.8. The lowest BCUT2D eigenvalue weighted by Gasteiger charge is -2.36. The molecule has 1 saturated heterocycles. The van der Waals surface area contributed by atoms with Crippen molar-refractivity contribution in [2.75, 3.05) is 26.2 Å². The second-order valence-corrected chi connectivity index (χ2v) is 8.38. The molecule has 35 heavy (non-hydrogen) atoms. The Labute approximate surface area is 196 Å². The van der Waals surface area contributed by atoms with Crippen LogP contribution >= 0.6 is 0 Å². The number of nitrogens with zero attached hydrogens (tertiary/aromatic N) is 4. The second kappa shape index (κ2) is 8.69. The maximum atomic E-state index is 13.0. The minimum Gasteiger partial charge on any atom is -0.337 e. The van der Waals surface area contributed by atoms with E-state index < -0.39 is 11.7 Å². The first-order chi connectivity index (χ1) is 16.7. The summed E-state index contributed by atoms with van der Waals surface area (Å²) in [6.45, 7) is 3.92. The van der Waals surface area contributed by atoms with Crippen LogP contribution in [0.1, 0.15) is 34.8 Å². The Balaban J connectivity index is 1.24. The third kappa shape index (κ3) is 4.56. The average molecular weight is 486 g/mol. The number of imidazole rings is 1. The number of alkyl halides is 3. The van der Waals surface area contributed by atoms with Gasteiger partial charge in [-0.25, -0.2) is 4.79 Å². The van der Waals surface area contributed by atoms with Crippen molar-refractivity contribution in [3.8, 4) is 11.4 Å². The van der Waals surface area contributed by atoms with Crippen LogP contribution in [0.25, 0.3) is 22.4 Å². The Morgan fingerprint density at radius 1 is 1.06 bits per heavy atom. The quantitative estimate of drug-likeness (QED) is 0.457. The number of aromatic amines is 2. The molecule has 0 bridgehead atoms. The summed E-state index contributed by atoms with van der Waals surface area (Å²) < 4.78 is 44.4. The number of nitrogens with one attached hydrogen (secondary N) is 2. The first-order valence-electron chi connectivity index (χ1n) is 11.0. The van der Waals surface area contributed by atoms with E-state index in [0.717, 1.165) is 12.1 Å². The normalized spacial score (nSPS) is 16.1. The van der Waals surface area contributed by atoms with Gasteiger partial charge in [0.05, 0.1) is 22.6 Å². The van der Waals surface area contributed by atoms with Crippen molar-refractivity contribution in [1.82, 2.24) is 29.9 Å². The van der Waals surface area contributed by atoms with Crippen LogP contribution in [0.3, 0.4) is 0 Å². The Bertz CT molecular complexity index is 1430. The van der Waals surface area contributed by atoms with E-state index >= 15 is 0 Å². The molecule has 1 atom stereocenters. The van der Waals surface area contributed by atoms with Gasteiger partial charge in [0.1, 0.15) is 0 Å². The highest BCUT2D eigenvalue weighted by Crippen LogP contribution is 2.32. The molecule has 1 unspecified atom stereocenters. The number of carbonyl (C=O) groups excluding carboxylic acids is 1. The summed E-state index contributed by atoms with van der Waals surface area (Å²) in [6, 6.07) is 9.53. The zero-order valence-electron chi connectivity index (χ0n) is 18.6. The summed E-state index contributed by atoms with van der Waals surface area (Å²) in [5, 5.41) is 3.86. The van der Waals surface area contributed by atoms with Crippen LogP contribution in [-0.2, 0) is 6.18 Å². The lowest BCUT2D eigenvalue weighted by atomic mass is 10.1. The molecule has 1 aliphatic rings. The minimum atomic E-state index is -4.46. The molecule has 0 spiro atoms. The van der Waals surface area contributed by atoms with E-state index in [1.807, 2.05) is 6.92 Å². The van der Waals surface area contributed by atoms with Gasteiger partial charge in [-0.05, 0) is 37.3 Å². The number of fused-ring (bicyclic) bond motifs is 1. The molecule has 2 N–H and O–H groups in total. The molecular formula is C23H21F3N6O3. The molecule has 9 nitrogen and oxygen atoms in total. The number of rotatable bonds is 4. The molecular weight excluding hydrogens is 465 g/mol. The number of hydrogen-bond acceptors (Lipinski definition) is 6. The van der Waals surface area contributed by atoms with Crippen molar-refractivity contribution in [3.63, 3.8) is 0 Å². The van der Waals surface area contributed by atoms with E-state index in [4.69, 9.17) is 4.52 Å². The lowest BCUT2D eigenvalue weighted by Crippen LogP contribution is -2.49. The average Bonchev–Trinajstić information content (AvgIpc) is 3.48. The van der Waals surface area contributed by atoms with Gasteiger partial charge in [0.2, 0.25) is 11.7 Å². The number of carbonyl (C=O) groups is 1. The molecule has 1 amide bonds. The highest BCUT2D eigenvalue weighted by molar-refractivity contribution is 5.97. The zero-order valence-corrected chi connectivity index (χ0v) is 18.6. The molecule has 0 saturated carbocycles. The molecule has 4 aromatic rings. The van der Waals surface area contributed by atoms with Crippen LogP contribution in [0.2, 0.25) is 0 Å². The van der Waals surface area contributed by atoms with Crippen LogP contribution in [0, 0.1) is 0 Å². The number of hydrogen-bond donors (Lipinski definition) is 2. The van der Waals surface area contributed by atoms with Crippen molar-refractivity contribution in [3.05, 3.63) is 70.0 Å². The molecule has 0 aliphatic carbocycles. The topological polar surface area (TPSA) is 111 Å². The first-order valence-corrected chi connectivity index (χ1v) is 11.0. The molecule has 1 aliphatic heterocycles. The van der Waals surface area contributed by atoms with Crippen molar-refractivity contribution in [1.29, 1.82) is 0 Å². The Kier molecular flexibility index (Phi) is 5.67. The third-order valence-electron chi connectivity index (χ3n) is 6.16. The standard InChI is InChI=1S/C23H21F3N6O3/c1-13(20-29-19(30-35-20)14-3-2-4-16(11-14)23(24,25)26)31-7-9-32(10-8-31)21(33)15-5-6-17-18(12-15)28-22(34)27-17/h2-6,11-13H,7-10H2,1H3,(H2,27,28,34). The SMILES string of the molecule is CC(c1nc(-c2cccc(C(F)(F)F)c2)no1)N1CCN(C(=O)c2ccc3[nH]c(=O)[nH]c3c2)CC1. The zero-order chi connectivity index (χ0) is 24.7. The Hall–Kier alpha value is -3.93. The van der Waals surface area contributed by atoms with Gasteiger partial charge < -0.3 is 19.4 Å². The summed E-state index contributed by atoms with van der Waals surface area (Å²) in [5.74, 6) is 0.245. The molecule has 2 aromatic heterocycles. The highest BCUT2D eigenvalue weighted by atomic mass is 19.4. The van der Waals surface area contributed by atoms with Crippen LogP contribution in [0.15, 0.2) is 51.8 Å². The summed E-state index contributed by atoms with van der Waals surface area (Å²) in [4.78, 5) is 37.8. The van der Waals surface area contributed by atoms with Crippen molar-refractivity contribution < 1.29 is 22.5 Å². The van der Waals surface area contributed by atoms with Gasteiger partial charge >= 0.3 is 11.9 Å². The molecule has 0 radical (unpaired) electrons. The fraction of sp³-hybridized carbons (Fsp3) is 0.304. The van der Waals surface area contributed by atoms with Gasteiger partial charge in [0.25, 0.3) is 5.91 Å². The van der Waals surface area contributed by atoms with E-state index in [-0.39, 0.29) is 29.0 Å². The molecule has 3 heterocycles. The van der Waals surface area contributed by atoms with E-state index in [0.29, 0.717) is 48.7 Å². The minimum absolute atomic E-state index is 0.0879. The highest BCUT2D eigenvalue weighted by Gasteiger charge is 2.31. The summed E-state index contributed by atoms with van der Waals surface area (Å²) in [6.07, 6.45) is -4.46. The third-order valence-corrected chi connectivity index (χ3v) is 6.16. The summed E-state index contributed by atoms with van der Waals surface area (Å²) >= 11 is 0. The van der Waals surface area contributed by atoms with Gasteiger partial charge in [-0.2, -0.15) is 18.2 Å². The van der Waals surface area contributed by atoms with Crippen molar-refractivity contribution in [2.24, 2.45) is 0 Å². The lowest BCUT2D eigenvalue weighted by molar-refractivity contribution is -0.137. The van der Waals surface area contributed by atoms with Crippen LogP contribution in [0.4, 0.5) is 13.2 Å². The van der Waals surface area contributed by atoms with E-state index in [1.54, 1.807) is 23.1 Å². The van der Waals surface area contributed by atoms with Gasteiger partial charge in [-0.1, -0.05) is 17.3 Å². The number of aromatic nitrogens is 4. The molecule has 1 fully saturated rings. The number of benzene rings is 2. The van der Waals surface area contributed by atoms with Gasteiger partial charge in [0.15, 0.2) is 0 Å². The fourth-order valence-electron chi connectivity index (χ4n) is 4.17. The molecule has 12 heteroatoms. The van der Waals surface area contributed by atoms with E-state index in [2.05, 4.69) is 25.0 Å². The van der Waals surface area contributed by atoms with Gasteiger partial charge in [0, 0.05) is 37.3 Å². The number of halogens is 3. The maximum absolute atomic E-state index is 13.0. The number of amides is 1. The Morgan fingerprint density at radius 3 is 2.54 bits per heavy atom. The number of piperazine rings is 1. The molecule has 2 aromatic carbocycles. The fourth-order valence-corrected chi connectivity index (χ4v) is 4.17. The monoisotopic (exact) mass is 486 g/mol. The van der Waals surface area contributed by atoms with Gasteiger partial charge in [-0.3, -0.25) is 9.69 Å².